The minimum Gasteiger partial charge on any atom is -0.361 e. The molecule has 0 atom stereocenters. The first-order chi connectivity index (χ1) is 12.1. The number of aromatic nitrogens is 1. The number of benzene rings is 1. The van der Waals surface area contributed by atoms with E-state index in [1.807, 2.05) is 43.0 Å². The molecular formula is C19H22N4O2. The molecule has 1 amide bonds. The molecule has 2 heterocycles. The van der Waals surface area contributed by atoms with E-state index >= 15 is 0 Å². The van der Waals surface area contributed by atoms with E-state index in [0.29, 0.717) is 25.1 Å². The zero-order valence-electron chi connectivity index (χ0n) is 14.7. The fourth-order valence-corrected chi connectivity index (χ4v) is 3.15. The number of nitriles is 1. The van der Waals surface area contributed by atoms with E-state index in [0.717, 1.165) is 42.2 Å². The predicted molar refractivity (Wildman–Crippen MR) is 92.9 cm³/mol. The minimum atomic E-state index is 0.0387. The van der Waals surface area contributed by atoms with Crippen LogP contribution in [0.3, 0.4) is 0 Å². The van der Waals surface area contributed by atoms with Gasteiger partial charge >= 0.3 is 0 Å². The van der Waals surface area contributed by atoms with Gasteiger partial charge in [-0.05, 0) is 31.5 Å². The second-order valence-electron chi connectivity index (χ2n) is 6.41. The molecule has 6 nitrogen and oxygen atoms in total. The zero-order valence-corrected chi connectivity index (χ0v) is 14.7. The summed E-state index contributed by atoms with van der Waals surface area (Å²) in [4.78, 5) is 16.9. The number of hydrogen-bond donors (Lipinski definition) is 0. The van der Waals surface area contributed by atoms with Crippen LogP contribution in [0.1, 0.15) is 32.9 Å². The van der Waals surface area contributed by atoms with Crippen molar-refractivity contribution in [2.24, 2.45) is 0 Å². The van der Waals surface area contributed by atoms with Crippen molar-refractivity contribution >= 4 is 5.91 Å². The smallest absolute Gasteiger partial charge is 0.253 e. The van der Waals surface area contributed by atoms with Gasteiger partial charge in [0.1, 0.15) is 5.76 Å². The monoisotopic (exact) mass is 338 g/mol. The molecule has 2 aromatic rings. The van der Waals surface area contributed by atoms with E-state index in [1.165, 1.54) is 0 Å². The molecule has 1 fully saturated rings. The summed E-state index contributed by atoms with van der Waals surface area (Å²) in [5.41, 5.74) is 3.62. The number of hydrogen-bond acceptors (Lipinski definition) is 5. The summed E-state index contributed by atoms with van der Waals surface area (Å²) in [6, 6.07) is 9.48. The Morgan fingerprint density at radius 2 is 2.04 bits per heavy atom. The maximum atomic E-state index is 12.7. The van der Waals surface area contributed by atoms with Gasteiger partial charge < -0.3 is 9.42 Å². The molecule has 0 saturated carbocycles. The van der Waals surface area contributed by atoms with Gasteiger partial charge in [-0.2, -0.15) is 5.26 Å². The van der Waals surface area contributed by atoms with E-state index in [9.17, 15) is 4.79 Å². The second kappa shape index (κ2) is 7.49. The number of carbonyl (C=O) groups is 1. The third-order valence-corrected chi connectivity index (χ3v) is 4.68. The highest BCUT2D eigenvalue weighted by atomic mass is 16.5. The van der Waals surface area contributed by atoms with E-state index in [4.69, 9.17) is 9.78 Å². The lowest BCUT2D eigenvalue weighted by atomic mass is 10.1. The van der Waals surface area contributed by atoms with Crippen LogP contribution in [0.5, 0.6) is 0 Å². The number of rotatable bonds is 4. The highest BCUT2D eigenvalue weighted by Gasteiger charge is 2.23. The molecular weight excluding hydrogens is 316 g/mol. The Bertz CT molecular complexity index is 778. The van der Waals surface area contributed by atoms with Crippen LogP contribution in [0.2, 0.25) is 0 Å². The molecule has 1 aliphatic heterocycles. The molecule has 25 heavy (non-hydrogen) atoms. The van der Waals surface area contributed by atoms with Gasteiger partial charge in [-0.3, -0.25) is 9.69 Å². The average molecular weight is 338 g/mol. The molecule has 0 aliphatic carbocycles. The van der Waals surface area contributed by atoms with E-state index in [-0.39, 0.29) is 5.91 Å². The molecule has 0 spiro atoms. The van der Waals surface area contributed by atoms with Gasteiger partial charge in [0, 0.05) is 43.9 Å². The van der Waals surface area contributed by atoms with Crippen LogP contribution in [0.4, 0.5) is 0 Å². The lowest BCUT2D eigenvalue weighted by Crippen LogP contribution is -2.48. The largest absolute Gasteiger partial charge is 0.361 e. The average Bonchev–Trinajstić information content (AvgIpc) is 2.94. The summed E-state index contributed by atoms with van der Waals surface area (Å²) in [6.07, 6.45) is 0.326. The number of piperazine rings is 1. The normalized spacial score (nSPS) is 15.2. The van der Waals surface area contributed by atoms with Crippen molar-refractivity contribution in [2.45, 2.75) is 26.8 Å². The zero-order chi connectivity index (χ0) is 17.8. The molecule has 6 heteroatoms. The highest BCUT2D eigenvalue weighted by Crippen LogP contribution is 2.17. The maximum Gasteiger partial charge on any atom is 0.253 e. The van der Waals surface area contributed by atoms with Crippen molar-refractivity contribution in [3.05, 3.63) is 52.4 Å². The Hall–Kier alpha value is -2.65. The number of aryl methyl sites for hydroxylation is 2. The van der Waals surface area contributed by atoms with Crippen molar-refractivity contribution in [3.63, 3.8) is 0 Å². The summed E-state index contributed by atoms with van der Waals surface area (Å²) in [6.45, 7) is 7.75. The third kappa shape index (κ3) is 3.89. The highest BCUT2D eigenvalue weighted by molar-refractivity contribution is 5.94. The Kier molecular flexibility index (Phi) is 5.15. The Morgan fingerprint density at radius 1 is 1.28 bits per heavy atom. The summed E-state index contributed by atoms with van der Waals surface area (Å²) in [5, 5.41) is 12.8. The fourth-order valence-electron chi connectivity index (χ4n) is 3.15. The Labute approximate surface area is 147 Å². The molecule has 1 aromatic heterocycles. The lowest BCUT2D eigenvalue weighted by molar-refractivity contribution is 0.0627. The van der Waals surface area contributed by atoms with Crippen molar-refractivity contribution in [2.75, 3.05) is 26.2 Å². The van der Waals surface area contributed by atoms with Crippen molar-refractivity contribution in [1.29, 1.82) is 5.26 Å². The molecule has 0 bridgehead atoms. The Morgan fingerprint density at radius 3 is 2.68 bits per heavy atom. The first kappa shape index (κ1) is 17.2. The molecule has 130 valence electrons. The van der Waals surface area contributed by atoms with Gasteiger partial charge in [0.15, 0.2) is 0 Å². The first-order valence-electron chi connectivity index (χ1n) is 8.47. The van der Waals surface area contributed by atoms with E-state index in [1.54, 1.807) is 0 Å². The molecule has 1 aromatic carbocycles. The van der Waals surface area contributed by atoms with Gasteiger partial charge in [0.2, 0.25) is 0 Å². The first-order valence-corrected chi connectivity index (χ1v) is 8.47. The van der Waals surface area contributed by atoms with Crippen LogP contribution >= 0.6 is 0 Å². The Balaban J connectivity index is 1.59. The predicted octanol–water partition coefficient (Wildman–Crippen LogP) is 2.32. The molecule has 0 unspecified atom stereocenters. The van der Waals surface area contributed by atoms with Gasteiger partial charge in [-0.25, -0.2) is 0 Å². The van der Waals surface area contributed by atoms with Crippen LogP contribution in [-0.4, -0.2) is 47.0 Å². The molecule has 0 N–H and O–H groups in total. The van der Waals surface area contributed by atoms with Gasteiger partial charge in [-0.15, -0.1) is 0 Å². The quantitative estimate of drug-likeness (QED) is 0.855. The third-order valence-electron chi connectivity index (χ3n) is 4.68. The van der Waals surface area contributed by atoms with Crippen LogP contribution in [-0.2, 0) is 13.0 Å². The van der Waals surface area contributed by atoms with Crippen molar-refractivity contribution in [1.82, 2.24) is 15.0 Å². The minimum absolute atomic E-state index is 0.0387. The van der Waals surface area contributed by atoms with Crippen LogP contribution in [0.25, 0.3) is 0 Å². The van der Waals surface area contributed by atoms with Gasteiger partial charge in [0.25, 0.3) is 5.91 Å². The molecule has 3 rings (SSSR count). The van der Waals surface area contributed by atoms with Gasteiger partial charge in [0.05, 0.1) is 18.2 Å². The fraction of sp³-hybridized carbons (Fsp3) is 0.421. The SMILES string of the molecule is Cc1noc(C)c1CN1CCN(C(=O)c2cccc(CC#N)c2)CC1. The summed E-state index contributed by atoms with van der Waals surface area (Å²) < 4.78 is 5.22. The van der Waals surface area contributed by atoms with Crippen LogP contribution < -0.4 is 0 Å². The topological polar surface area (TPSA) is 73.4 Å². The van der Waals surface area contributed by atoms with Crippen molar-refractivity contribution in [3.8, 4) is 6.07 Å². The summed E-state index contributed by atoms with van der Waals surface area (Å²) in [7, 11) is 0. The summed E-state index contributed by atoms with van der Waals surface area (Å²) >= 11 is 0. The second-order valence-corrected chi connectivity index (χ2v) is 6.41. The van der Waals surface area contributed by atoms with E-state index in [2.05, 4.69) is 16.1 Å². The number of carbonyl (C=O) groups excluding carboxylic acids is 1. The summed E-state index contributed by atoms with van der Waals surface area (Å²) in [5.74, 6) is 0.905. The standard InChI is InChI=1S/C19H22N4O2/c1-14-18(15(2)25-21-14)13-22-8-10-23(11-9-22)19(24)17-5-3-4-16(12-17)6-7-20/h3-5,12H,6,8-11,13H2,1-2H3. The number of nitrogens with zero attached hydrogens (tertiary/aromatic N) is 4. The van der Waals surface area contributed by atoms with E-state index < -0.39 is 0 Å². The molecule has 0 radical (unpaired) electrons. The van der Waals surface area contributed by atoms with Crippen LogP contribution in [0.15, 0.2) is 28.8 Å². The van der Waals surface area contributed by atoms with Crippen molar-refractivity contribution < 1.29 is 9.32 Å². The number of amides is 1. The molecule has 1 aliphatic rings. The maximum absolute atomic E-state index is 12.7. The van der Waals surface area contributed by atoms with Gasteiger partial charge in [-0.1, -0.05) is 17.3 Å². The molecule has 1 saturated heterocycles. The lowest BCUT2D eigenvalue weighted by Gasteiger charge is -2.34. The van der Waals surface area contributed by atoms with Crippen LogP contribution in [0, 0.1) is 25.2 Å².